The van der Waals surface area contributed by atoms with Gasteiger partial charge in [0.25, 0.3) is 0 Å². The highest BCUT2D eigenvalue weighted by Crippen LogP contribution is 2.44. The minimum absolute atomic E-state index is 0. The number of imide groups is 1. The number of fused-ring (bicyclic) bond motifs is 1. The van der Waals surface area contributed by atoms with Crippen LogP contribution in [0.25, 0.3) is 0 Å². The van der Waals surface area contributed by atoms with Crippen molar-refractivity contribution in [2.75, 3.05) is 18.8 Å². The van der Waals surface area contributed by atoms with Crippen molar-refractivity contribution in [2.24, 2.45) is 23.3 Å². The zero-order chi connectivity index (χ0) is 41.4. The molecule has 8 N–H and O–H groups in total. The van der Waals surface area contributed by atoms with Crippen LogP contribution in [-0.2, 0) is 45.0 Å². The van der Waals surface area contributed by atoms with E-state index >= 15 is 4.79 Å². The van der Waals surface area contributed by atoms with Gasteiger partial charge in [0.2, 0.25) is 23.6 Å². The molecule has 1 aliphatic heterocycles. The van der Waals surface area contributed by atoms with E-state index in [-0.39, 0.29) is 47.2 Å². The van der Waals surface area contributed by atoms with Crippen molar-refractivity contribution in [3.63, 3.8) is 0 Å². The first-order chi connectivity index (χ1) is 26.3. The third-order valence-electron chi connectivity index (χ3n) is 10.5. The molecule has 0 bridgehead atoms. The molecular formula is C39H54F3N5O9S. The van der Waals surface area contributed by atoms with Gasteiger partial charge in [-0.05, 0) is 41.9 Å². The Labute approximate surface area is 330 Å². The van der Waals surface area contributed by atoms with Gasteiger partial charge in [-0.15, -0.1) is 0 Å². The van der Waals surface area contributed by atoms with E-state index in [4.69, 9.17) is 16.2 Å². The van der Waals surface area contributed by atoms with Crippen molar-refractivity contribution in [3.05, 3.63) is 65.7 Å². The number of nitrogens with two attached hydrogens (primary N) is 2. The fourth-order valence-electron chi connectivity index (χ4n) is 7.76. The standard InChI is InChI=1S/C39H52F3N5O8S.H2O/c1-24(2)21-45-34(49)20-32(55-37(52)39(40,41)42)31(19-27-14-8-5-9-15-27)46-36(51)38(23-43,29-22-56(53,54)33-17-11-10-16-28(29)33)47(25(3)48)35(50)30(44)18-26-12-6-4-7-13-26;/h4,6-7,10-13,16-17,24,27,29-32H,5,8-9,14-15,18-23,43-44H2,1-3H3,(H,45,49)(H,46,51);1H2/t29?,30-,31-,32-,38+;/m0./s1. The molecule has 0 aromatic heterocycles. The molecule has 4 amide bonds. The summed E-state index contributed by atoms with van der Waals surface area (Å²) in [6, 6.07) is 11.4. The topological polar surface area (TPSA) is 240 Å². The number of amides is 4. The summed E-state index contributed by atoms with van der Waals surface area (Å²) in [5.41, 5.74) is 11.0. The summed E-state index contributed by atoms with van der Waals surface area (Å²) in [6.07, 6.45) is -4.55. The highest BCUT2D eigenvalue weighted by molar-refractivity contribution is 7.91. The molecule has 0 spiro atoms. The van der Waals surface area contributed by atoms with Crippen LogP contribution in [0.5, 0.6) is 0 Å². The summed E-state index contributed by atoms with van der Waals surface area (Å²) >= 11 is 0. The highest BCUT2D eigenvalue weighted by atomic mass is 32.2. The summed E-state index contributed by atoms with van der Waals surface area (Å²) in [5.74, 6) is -9.05. The Kier molecular flexibility index (Phi) is 16.4. The fraction of sp³-hybridized carbons (Fsp3) is 0.564. The van der Waals surface area contributed by atoms with Gasteiger partial charge in [-0.25, -0.2) is 13.2 Å². The number of nitrogens with zero attached hydrogens (tertiary/aromatic N) is 1. The predicted molar refractivity (Wildman–Crippen MR) is 204 cm³/mol. The summed E-state index contributed by atoms with van der Waals surface area (Å²) in [6.45, 7) is 3.91. The van der Waals surface area contributed by atoms with Crippen LogP contribution in [0.1, 0.15) is 82.8 Å². The first kappa shape index (κ1) is 47.0. The van der Waals surface area contributed by atoms with Crippen LogP contribution in [0, 0.1) is 11.8 Å². The summed E-state index contributed by atoms with van der Waals surface area (Å²) in [7, 11) is -4.13. The van der Waals surface area contributed by atoms with Crippen LogP contribution in [0.2, 0.25) is 0 Å². The number of esters is 1. The van der Waals surface area contributed by atoms with Gasteiger partial charge in [0.1, 0.15) is 11.6 Å². The number of alkyl halides is 3. The molecule has 0 radical (unpaired) electrons. The lowest BCUT2D eigenvalue weighted by atomic mass is 9.76. The van der Waals surface area contributed by atoms with Gasteiger partial charge >= 0.3 is 12.1 Å². The lowest BCUT2D eigenvalue weighted by molar-refractivity contribution is -0.206. The molecule has 2 aliphatic rings. The summed E-state index contributed by atoms with van der Waals surface area (Å²) in [4.78, 5) is 69.4. The maximum absolute atomic E-state index is 15.2. The smallest absolute Gasteiger partial charge is 0.453 e. The van der Waals surface area contributed by atoms with Crippen molar-refractivity contribution >= 4 is 39.4 Å². The van der Waals surface area contributed by atoms with Crippen molar-refractivity contribution in [1.82, 2.24) is 15.5 Å². The first-order valence-corrected chi connectivity index (χ1v) is 20.5. The normalized spacial score (nSPS) is 19.1. The van der Waals surface area contributed by atoms with Crippen molar-refractivity contribution in [2.45, 2.75) is 113 Å². The van der Waals surface area contributed by atoms with Crippen LogP contribution in [0.15, 0.2) is 59.5 Å². The second kappa shape index (κ2) is 19.8. The molecule has 4 rings (SSSR count). The molecule has 2 aromatic carbocycles. The Balaban J connectivity index is 0.00000870. The van der Waals surface area contributed by atoms with E-state index in [0.717, 1.165) is 26.2 Å². The van der Waals surface area contributed by atoms with Gasteiger partial charge in [-0.3, -0.25) is 24.1 Å². The van der Waals surface area contributed by atoms with E-state index in [1.807, 2.05) is 0 Å². The number of nitrogens with one attached hydrogen (secondary N) is 2. The molecular weight excluding hydrogens is 772 g/mol. The van der Waals surface area contributed by atoms with Crippen LogP contribution in [0.4, 0.5) is 13.2 Å². The molecule has 1 saturated carbocycles. The number of rotatable bonds is 16. The van der Waals surface area contributed by atoms with Crippen LogP contribution in [-0.4, -0.2) is 97.1 Å². The van der Waals surface area contributed by atoms with Gasteiger partial charge < -0.3 is 32.3 Å². The molecule has 0 saturated heterocycles. The van der Waals surface area contributed by atoms with E-state index in [1.54, 1.807) is 44.2 Å². The van der Waals surface area contributed by atoms with Crippen LogP contribution < -0.4 is 22.1 Å². The minimum atomic E-state index is -5.46. The quantitative estimate of drug-likeness (QED) is 0.180. The average molecular weight is 826 g/mol. The first-order valence-electron chi connectivity index (χ1n) is 18.8. The van der Waals surface area contributed by atoms with Crippen molar-refractivity contribution < 1.29 is 55.8 Å². The van der Waals surface area contributed by atoms with Crippen molar-refractivity contribution in [1.29, 1.82) is 0 Å². The highest BCUT2D eigenvalue weighted by Gasteiger charge is 2.59. The third-order valence-corrected chi connectivity index (χ3v) is 12.3. The molecule has 14 nitrogen and oxygen atoms in total. The SMILES string of the molecule is CC(=O)N(C(=O)[C@@H](N)Cc1ccccc1)[C@@](CN)(C(=O)N[C@@H](CC1CCCCC1)[C@H](CC(=O)NCC(C)C)OC(=O)C(F)(F)F)C1CS(=O)(=O)c2ccccc21.O. The Morgan fingerprint density at radius 1 is 0.965 bits per heavy atom. The van der Waals surface area contributed by atoms with Crippen molar-refractivity contribution in [3.8, 4) is 0 Å². The van der Waals surface area contributed by atoms with E-state index in [9.17, 15) is 40.8 Å². The van der Waals surface area contributed by atoms with E-state index in [1.165, 1.54) is 24.3 Å². The molecule has 1 unspecified atom stereocenters. The Hall–Kier alpha value is -4.39. The van der Waals surface area contributed by atoms with Gasteiger partial charge in [0, 0.05) is 25.9 Å². The number of benzene rings is 2. The Bertz CT molecular complexity index is 1840. The Morgan fingerprint density at radius 3 is 2.16 bits per heavy atom. The molecule has 18 heteroatoms. The molecule has 5 atom stereocenters. The number of halogens is 3. The molecule has 1 heterocycles. The van der Waals surface area contributed by atoms with Crippen LogP contribution >= 0.6 is 0 Å². The molecule has 316 valence electrons. The van der Waals surface area contributed by atoms with E-state index in [0.29, 0.717) is 23.3 Å². The van der Waals surface area contributed by atoms with E-state index < -0.39 is 94.0 Å². The molecule has 2 aromatic rings. The van der Waals surface area contributed by atoms with E-state index in [2.05, 4.69) is 10.6 Å². The third kappa shape index (κ3) is 11.4. The van der Waals surface area contributed by atoms with Gasteiger partial charge in [0.15, 0.2) is 9.84 Å². The van der Waals surface area contributed by atoms with Gasteiger partial charge in [-0.1, -0.05) is 94.5 Å². The Morgan fingerprint density at radius 2 is 1.58 bits per heavy atom. The largest absolute Gasteiger partial charge is 0.490 e. The maximum atomic E-state index is 15.2. The maximum Gasteiger partial charge on any atom is 0.490 e. The molecule has 1 aliphatic carbocycles. The second-order valence-corrected chi connectivity index (χ2v) is 17.2. The lowest BCUT2D eigenvalue weighted by Crippen LogP contribution is -2.72. The number of sulfone groups is 1. The number of hydrogen-bond donors (Lipinski definition) is 4. The second-order valence-electron chi connectivity index (χ2n) is 15.2. The number of carbonyl (C=O) groups is 5. The summed E-state index contributed by atoms with van der Waals surface area (Å²) in [5, 5.41) is 5.27. The lowest BCUT2D eigenvalue weighted by Gasteiger charge is -2.46. The average Bonchev–Trinajstić information content (AvgIpc) is 3.42. The summed E-state index contributed by atoms with van der Waals surface area (Å²) < 4.78 is 73.4. The molecule has 1 fully saturated rings. The van der Waals surface area contributed by atoms with Gasteiger partial charge in [0.05, 0.1) is 29.2 Å². The number of carbonyl (C=O) groups excluding carboxylic acids is 5. The van der Waals surface area contributed by atoms with Gasteiger partial charge in [-0.2, -0.15) is 13.2 Å². The minimum Gasteiger partial charge on any atom is -0.453 e. The number of hydrogen-bond acceptors (Lipinski definition) is 10. The van der Waals surface area contributed by atoms with Crippen LogP contribution in [0.3, 0.4) is 0 Å². The monoisotopic (exact) mass is 825 g/mol. The molecule has 57 heavy (non-hydrogen) atoms. The fourth-order valence-corrected chi connectivity index (χ4v) is 9.69. The number of ether oxygens (including phenoxy) is 1. The predicted octanol–water partition coefficient (Wildman–Crippen LogP) is 2.47. The zero-order valence-electron chi connectivity index (χ0n) is 32.3. The zero-order valence-corrected chi connectivity index (χ0v) is 33.2.